The highest BCUT2D eigenvalue weighted by Gasteiger charge is 2.50. The molecule has 3 aliphatic rings. The van der Waals surface area contributed by atoms with Crippen LogP contribution < -0.4 is 39.3 Å². The number of nitrogens with one attached hydrogen (secondary N) is 2. The van der Waals surface area contributed by atoms with Gasteiger partial charge in [-0.15, -0.1) is 0 Å². The molecule has 0 aromatic rings. The molecule has 248 valence electrons. The molecule has 1 aliphatic carbocycles. The minimum atomic E-state index is -1.49. The molecular weight excluding hydrogens is 558 g/mol. The van der Waals surface area contributed by atoms with E-state index in [2.05, 4.69) is 10.6 Å². The number of hydrogen-bond donors (Lipinski definition) is 13. The molecule has 3 rings (SSSR count). The van der Waals surface area contributed by atoms with Crippen molar-refractivity contribution in [1.29, 1.82) is 0 Å². The zero-order valence-electron chi connectivity index (χ0n) is 23.9. The van der Waals surface area contributed by atoms with Crippen molar-refractivity contribution in [1.82, 2.24) is 10.6 Å². The molecule has 18 N–H and O–H groups in total. The van der Waals surface area contributed by atoms with Gasteiger partial charge in [0.05, 0.1) is 37.0 Å². The number of hydrogen-bond acceptors (Lipinski definition) is 17. The smallest absolute Gasteiger partial charge is 0.186 e. The molecule has 0 spiro atoms. The van der Waals surface area contributed by atoms with Crippen LogP contribution in [0, 0.1) is 0 Å². The maximum absolute atomic E-state index is 11.6. The van der Waals surface area contributed by atoms with Gasteiger partial charge in [-0.25, -0.2) is 0 Å². The molecule has 2 saturated heterocycles. The lowest BCUT2D eigenvalue weighted by Gasteiger charge is -2.48. The van der Waals surface area contributed by atoms with Crippen LogP contribution in [0.25, 0.3) is 0 Å². The number of ether oxygens (including phenoxy) is 4. The maximum Gasteiger partial charge on any atom is 0.186 e. The van der Waals surface area contributed by atoms with E-state index >= 15 is 0 Å². The van der Waals surface area contributed by atoms with Crippen LogP contribution in [-0.2, 0) is 18.9 Å². The van der Waals surface area contributed by atoms with Crippen LogP contribution in [0.2, 0.25) is 0 Å². The van der Waals surface area contributed by atoms with E-state index in [1.165, 1.54) is 0 Å². The Labute approximate surface area is 245 Å². The largest absolute Gasteiger partial charge is 0.394 e. The Bertz CT molecular complexity index is 779. The third kappa shape index (κ3) is 9.18. The summed E-state index contributed by atoms with van der Waals surface area (Å²) in [4.78, 5) is 0. The molecule has 17 nitrogen and oxygen atoms in total. The summed E-state index contributed by atoms with van der Waals surface area (Å²) in [5.41, 5.74) is 29.4. The van der Waals surface area contributed by atoms with Crippen molar-refractivity contribution in [2.75, 3.05) is 39.3 Å². The van der Waals surface area contributed by atoms with Gasteiger partial charge in [-0.2, -0.15) is 0 Å². The Kier molecular flexibility index (Phi) is 14.6. The Morgan fingerprint density at radius 2 is 1.48 bits per heavy atom. The van der Waals surface area contributed by atoms with Crippen LogP contribution in [0.5, 0.6) is 0 Å². The lowest BCUT2D eigenvalue weighted by molar-refractivity contribution is -0.314. The van der Waals surface area contributed by atoms with E-state index in [-0.39, 0.29) is 44.7 Å². The summed E-state index contributed by atoms with van der Waals surface area (Å²) in [7, 11) is 0. The SMILES string of the molecule is NCCC(O)CN[C@@H]1CC[C@@H](CN)O[C@@H]1OC1[C@@H](N)C[C@@H](NCC(O)CN)[C@H](O[C@H]2O[C@H](CO)[C@@H](O)[C@H](N)[C@H]2O)[C@H]1O. The molecular formula is C25H53N7O10. The van der Waals surface area contributed by atoms with E-state index in [0.29, 0.717) is 25.8 Å². The van der Waals surface area contributed by atoms with Crippen molar-refractivity contribution < 1.29 is 49.6 Å². The number of aliphatic hydroxyl groups excluding tert-OH is 6. The Morgan fingerprint density at radius 1 is 0.810 bits per heavy atom. The van der Waals surface area contributed by atoms with Gasteiger partial charge in [-0.1, -0.05) is 0 Å². The minimum absolute atomic E-state index is 0.00332. The minimum Gasteiger partial charge on any atom is -0.394 e. The second-order valence-electron chi connectivity index (χ2n) is 11.5. The standard InChI is InChI=1S/C25H53N7O10/c26-4-3-11(34)8-31-15-2-1-13(7-28)39-24(15)41-22-14(29)5-16(32-9-12(35)6-27)23(21(22)38)42-25-20(37)18(30)19(36)17(10-33)40-25/h11-25,31-38H,1-10,26-30H2/t11?,12?,13-,14-,15+,16+,17+,18-,19+,20+,21-,22?,23-,24+,25+/m0/s1. The van der Waals surface area contributed by atoms with Crippen molar-refractivity contribution in [2.24, 2.45) is 28.7 Å². The van der Waals surface area contributed by atoms with Crippen LogP contribution in [0.3, 0.4) is 0 Å². The quantitative estimate of drug-likeness (QED) is 0.0817. The third-order valence-corrected chi connectivity index (χ3v) is 8.26. The van der Waals surface area contributed by atoms with Crippen molar-refractivity contribution in [3.8, 4) is 0 Å². The Morgan fingerprint density at radius 3 is 2.12 bits per heavy atom. The lowest BCUT2D eigenvalue weighted by Crippen LogP contribution is -2.68. The summed E-state index contributed by atoms with van der Waals surface area (Å²) in [6, 6.07) is -2.90. The first-order valence-corrected chi connectivity index (χ1v) is 14.8. The summed E-state index contributed by atoms with van der Waals surface area (Å²) in [5.74, 6) is 0. The predicted octanol–water partition coefficient (Wildman–Crippen LogP) is -6.98. The van der Waals surface area contributed by atoms with Gasteiger partial charge in [-0.3, -0.25) is 0 Å². The molecule has 2 heterocycles. The Balaban J connectivity index is 1.79. The molecule has 0 aromatic carbocycles. The molecule has 0 radical (unpaired) electrons. The van der Waals surface area contributed by atoms with E-state index in [4.69, 9.17) is 47.6 Å². The average molecular weight is 612 g/mol. The van der Waals surface area contributed by atoms with Crippen LogP contribution in [0.15, 0.2) is 0 Å². The first-order valence-electron chi connectivity index (χ1n) is 14.8. The van der Waals surface area contributed by atoms with Gasteiger partial charge in [0.2, 0.25) is 0 Å². The van der Waals surface area contributed by atoms with Gasteiger partial charge in [-0.05, 0) is 32.2 Å². The predicted molar refractivity (Wildman–Crippen MR) is 149 cm³/mol. The van der Waals surface area contributed by atoms with Gasteiger partial charge < -0.3 is 88.9 Å². The third-order valence-electron chi connectivity index (χ3n) is 8.26. The van der Waals surface area contributed by atoms with Crippen molar-refractivity contribution in [2.45, 2.75) is 117 Å². The summed E-state index contributed by atoms with van der Waals surface area (Å²) in [6.07, 6.45) is -9.64. The fourth-order valence-electron chi connectivity index (χ4n) is 5.64. The first kappa shape index (κ1) is 35.8. The fraction of sp³-hybridized carbons (Fsp3) is 1.00. The zero-order valence-corrected chi connectivity index (χ0v) is 23.9. The van der Waals surface area contributed by atoms with Crippen LogP contribution in [-0.4, -0.2) is 162 Å². The molecule has 2 aliphatic heterocycles. The van der Waals surface area contributed by atoms with Gasteiger partial charge in [0, 0.05) is 38.3 Å². The highest BCUT2D eigenvalue weighted by molar-refractivity contribution is 5.02. The van der Waals surface area contributed by atoms with Crippen LogP contribution in [0.1, 0.15) is 25.7 Å². The summed E-state index contributed by atoms with van der Waals surface area (Å²) in [6.45, 7) is 0.343. The number of rotatable bonds is 15. The number of nitrogens with two attached hydrogens (primary N) is 5. The second-order valence-corrected chi connectivity index (χ2v) is 11.5. The van der Waals surface area contributed by atoms with E-state index < -0.39 is 86.1 Å². The van der Waals surface area contributed by atoms with Crippen molar-refractivity contribution in [3.63, 3.8) is 0 Å². The summed E-state index contributed by atoms with van der Waals surface area (Å²) < 4.78 is 24.1. The zero-order chi connectivity index (χ0) is 31.0. The van der Waals surface area contributed by atoms with Gasteiger partial charge in [0.15, 0.2) is 12.6 Å². The highest BCUT2D eigenvalue weighted by atomic mass is 16.7. The molecule has 42 heavy (non-hydrogen) atoms. The number of aliphatic hydroxyl groups is 6. The van der Waals surface area contributed by atoms with Crippen LogP contribution in [0.4, 0.5) is 0 Å². The molecule has 1 saturated carbocycles. The summed E-state index contributed by atoms with van der Waals surface area (Å²) in [5, 5.41) is 68.7. The van der Waals surface area contributed by atoms with Gasteiger partial charge >= 0.3 is 0 Å². The monoisotopic (exact) mass is 611 g/mol. The topological polar surface area (TPSA) is 312 Å². The molecule has 0 aromatic heterocycles. The van der Waals surface area contributed by atoms with E-state index in [1.54, 1.807) is 0 Å². The molecule has 17 heteroatoms. The van der Waals surface area contributed by atoms with Crippen molar-refractivity contribution >= 4 is 0 Å². The fourth-order valence-corrected chi connectivity index (χ4v) is 5.64. The second kappa shape index (κ2) is 17.1. The molecule has 0 bridgehead atoms. The van der Waals surface area contributed by atoms with Crippen LogP contribution >= 0.6 is 0 Å². The average Bonchev–Trinajstić information content (AvgIpc) is 2.98. The van der Waals surface area contributed by atoms with Gasteiger partial charge in [0.1, 0.15) is 36.6 Å². The maximum atomic E-state index is 11.6. The lowest BCUT2D eigenvalue weighted by atomic mass is 9.83. The normalized spacial score (nSPS) is 42.8. The molecule has 0 amide bonds. The molecule has 3 fully saturated rings. The van der Waals surface area contributed by atoms with E-state index in [1.807, 2.05) is 0 Å². The van der Waals surface area contributed by atoms with Gasteiger partial charge in [0.25, 0.3) is 0 Å². The van der Waals surface area contributed by atoms with E-state index in [9.17, 15) is 30.6 Å². The highest BCUT2D eigenvalue weighted by Crippen LogP contribution is 2.31. The summed E-state index contributed by atoms with van der Waals surface area (Å²) >= 11 is 0. The van der Waals surface area contributed by atoms with Crippen molar-refractivity contribution in [3.05, 3.63) is 0 Å². The first-order chi connectivity index (χ1) is 20.0. The molecule has 15 atom stereocenters. The Hall–Kier alpha value is -0.680. The molecule has 3 unspecified atom stereocenters. The van der Waals surface area contributed by atoms with E-state index in [0.717, 1.165) is 0 Å².